The van der Waals surface area contributed by atoms with Gasteiger partial charge in [0.1, 0.15) is 0 Å². The normalized spacial score (nSPS) is 21.8. The number of likely N-dealkylation sites (tertiary alicyclic amines) is 1. The van der Waals surface area contributed by atoms with Crippen LogP contribution >= 0.6 is 0 Å². The molecule has 1 aliphatic heterocycles. The second-order valence-electron chi connectivity index (χ2n) is 4.71. The molecule has 1 atom stereocenters. The molecular weight excluding hydrogens is 200 g/mol. The predicted octanol–water partition coefficient (Wildman–Crippen LogP) is 0.504. The minimum Gasteiger partial charge on any atom is -0.319 e. The van der Waals surface area contributed by atoms with Crippen LogP contribution in [0.15, 0.2) is 12.3 Å². The maximum Gasteiger partial charge on any atom is 0.0492 e. The lowest BCUT2D eigenvalue weighted by molar-refractivity contribution is 0.324. The molecule has 1 unspecified atom stereocenters. The number of nitrogens with zero attached hydrogens (tertiary/aromatic N) is 3. The van der Waals surface area contributed by atoms with E-state index >= 15 is 0 Å². The summed E-state index contributed by atoms with van der Waals surface area (Å²) in [5.74, 6) is 0.844. The first-order valence-electron chi connectivity index (χ1n) is 6.13. The zero-order valence-electron chi connectivity index (χ0n) is 10.3. The van der Waals surface area contributed by atoms with Gasteiger partial charge in [0.2, 0.25) is 0 Å². The summed E-state index contributed by atoms with van der Waals surface area (Å²) < 4.78 is 1.97. The van der Waals surface area contributed by atoms with Crippen LogP contribution in [0.2, 0.25) is 0 Å². The third kappa shape index (κ3) is 2.83. The van der Waals surface area contributed by atoms with Crippen LogP contribution in [0, 0.1) is 5.92 Å². The molecule has 0 bridgehead atoms. The highest BCUT2D eigenvalue weighted by molar-refractivity contribution is 5.00. The zero-order valence-corrected chi connectivity index (χ0v) is 10.3. The van der Waals surface area contributed by atoms with Gasteiger partial charge in [-0.15, -0.1) is 0 Å². The van der Waals surface area contributed by atoms with Crippen LogP contribution in [0.4, 0.5) is 0 Å². The lowest BCUT2D eigenvalue weighted by atomic mass is 10.1. The van der Waals surface area contributed by atoms with Gasteiger partial charge in [0.05, 0.1) is 0 Å². The van der Waals surface area contributed by atoms with Crippen molar-refractivity contribution >= 4 is 0 Å². The van der Waals surface area contributed by atoms with Crippen molar-refractivity contribution in [1.29, 1.82) is 0 Å². The molecule has 4 heteroatoms. The Morgan fingerprint density at radius 1 is 1.56 bits per heavy atom. The number of hydrogen-bond acceptors (Lipinski definition) is 3. The number of rotatable bonds is 5. The summed E-state index contributed by atoms with van der Waals surface area (Å²) in [5.41, 5.74) is 1.33. The number of nitrogens with one attached hydrogen (secondary N) is 1. The molecule has 1 aliphatic rings. The van der Waals surface area contributed by atoms with E-state index in [0.717, 1.165) is 18.9 Å². The smallest absolute Gasteiger partial charge is 0.0492 e. The summed E-state index contributed by atoms with van der Waals surface area (Å²) in [6, 6.07) is 2.11. The molecule has 0 aliphatic carbocycles. The second-order valence-corrected chi connectivity index (χ2v) is 4.71. The molecule has 1 aromatic heterocycles. The molecule has 2 heterocycles. The first-order valence-corrected chi connectivity index (χ1v) is 6.13. The average Bonchev–Trinajstić information content (AvgIpc) is 2.86. The Bertz CT molecular complexity index is 321. The zero-order chi connectivity index (χ0) is 11.4. The van der Waals surface area contributed by atoms with E-state index in [1.54, 1.807) is 0 Å². The summed E-state index contributed by atoms with van der Waals surface area (Å²) >= 11 is 0. The highest BCUT2D eigenvalue weighted by atomic mass is 15.3. The molecule has 0 spiro atoms. The van der Waals surface area contributed by atoms with Crippen molar-refractivity contribution in [2.45, 2.75) is 12.8 Å². The van der Waals surface area contributed by atoms with Gasteiger partial charge in [-0.3, -0.25) is 4.68 Å². The first kappa shape index (κ1) is 11.6. The molecule has 4 nitrogen and oxygen atoms in total. The van der Waals surface area contributed by atoms with Crippen molar-refractivity contribution in [3.63, 3.8) is 0 Å². The van der Waals surface area contributed by atoms with E-state index in [4.69, 9.17) is 0 Å². The summed E-state index contributed by atoms with van der Waals surface area (Å²) in [4.78, 5) is 2.56. The lowest BCUT2D eigenvalue weighted by Gasteiger charge is -2.15. The van der Waals surface area contributed by atoms with E-state index in [9.17, 15) is 0 Å². The molecule has 1 saturated heterocycles. The van der Waals surface area contributed by atoms with Gasteiger partial charge in [-0.2, -0.15) is 5.10 Å². The van der Waals surface area contributed by atoms with E-state index in [0.29, 0.717) is 0 Å². The molecule has 1 aromatic rings. The molecule has 0 aromatic carbocycles. The lowest BCUT2D eigenvalue weighted by Crippen LogP contribution is -2.26. The van der Waals surface area contributed by atoms with Crippen LogP contribution in [0.25, 0.3) is 0 Å². The van der Waals surface area contributed by atoms with Crippen molar-refractivity contribution < 1.29 is 0 Å². The molecule has 2 rings (SSSR count). The fourth-order valence-electron chi connectivity index (χ4n) is 2.49. The maximum atomic E-state index is 4.19. The number of aryl methyl sites for hydroxylation is 1. The first-order chi connectivity index (χ1) is 7.79. The number of hydrogen-bond donors (Lipinski definition) is 1. The van der Waals surface area contributed by atoms with Crippen molar-refractivity contribution in [2.24, 2.45) is 13.0 Å². The third-order valence-electron chi connectivity index (χ3n) is 3.47. The summed E-state index contributed by atoms with van der Waals surface area (Å²) in [6.07, 6.45) is 4.33. The van der Waals surface area contributed by atoms with Crippen molar-refractivity contribution in [3.8, 4) is 0 Å². The van der Waals surface area contributed by atoms with Crippen LogP contribution < -0.4 is 5.32 Å². The van der Waals surface area contributed by atoms with Crippen LogP contribution in [-0.2, 0) is 13.5 Å². The van der Waals surface area contributed by atoms with Crippen LogP contribution in [-0.4, -0.2) is 47.9 Å². The third-order valence-corrected chi connectivity index (χ3v) is 3.47. The topological polar surface area (TPSA) is 33.1 Å². The predicted molar refractivity (Wildman–Crippen MR) is 65.4 cm³/mol. The van der Waals surface area contributed by atoms with E-state index in [2.05, 4.69) is 21.4 Å². The Hall–Kier alpha value is -0.870. The molecule has 0 radical (unpaired) electrons. The Balaban J connectivity index is 1.74. The molecule has 1 fully saturated rings. The van der Waals surface area contributed by atoms with Gasteiger partial charge in [-0.1, -0.05) is 0 Å². The molecule has 90 valence electrons. The van der Waals surface area contributed by atoms with Gasteiger partial charge in [-0.05, 0) is 38.5 Å². The average molecular weight is 222 g/mol. The van der Waals surface area contributed by atoms with E-state index in [-0.39, 0.29) is 0 Å². The molecule has 0 saturated carbocycles. The van der Waals surface area contributed by atoms with Crippen molar-refractivity contribution in [1.82, 2.24) is 20.0 Å². The second kappa shape index (κ2) is 5.46. The summed E-state index contributed by atoms with van der Waals surface area (Å²) in [5, 5.41) is 7.46. The Morgan fingerprint density at radius 3 is 3.12 bits per heavy atom. The quantitative estimate of drug-likeness (QED) is 0.788. The fourth-order valence-corrected chi connectivity index (χ4v) is 2.49. The Kier molecular flexibility index (Phi) is 3.96. The fraction of sp³-hybridized carbons (Fsp3) is 0.750. The standard InChI is InChI=1S/C12H22N4/c1-13-9-11-4-7-16(10-11)8-5-12-3-6-14-15(12)2/h3,6,11,13H,4-5,7-10H2,1-2H3. The molecule has 16 heavy (non-hydrogen) atoms. The molecular formula is C12H22N4. The Labute approximate surface area is 97.6 Å². The van der Waals surface area contributed by atoms with Gasteiger partial charge in [-0.25, -0.2) is 0 Å². The van der Waals surface area contributed by atoms with Gasteiger partial charge in [0.15, 0.2) is 0 Å². The van der Waals surface area contributed by atoms with Crippen molar-refractivity contribution in [2.75, 3.05) is 33.2 Å². The van der Waals surface area contributed by atoms with Crippen LogP contribution in [0.3, 0.4) is 0 Å². The SMILES string of the molecule is CNCC1CCN(CCc2ccnn2C)C1. The Morgan fingerprint density at radius 2 is 2.44 bits per heavy atom. The minimum absolute atomic E-state index is 0.844. The van der Waals surface area contributed by atoms with Gasteiger partial charge in [0, 0.05) is 38.4 Å². The highest BCUT2D eigenvalue weighted by Gasteiger charge is 2.21. The highest BCUT2D eigenvalue weighted by Crippen LogP contribution is 2.15. The van der Waals surface area contributed by atoms with Gasteiger partial charge in [0.25, 0.3) is 0 Å². The van der Waals surface area contributed by atoms with Crippen molar-refractivity contribution in [3.05, 3.63) is 18.0 Å². The van der Waals surface area contributed by atoms with Gasteiger partial charge < -0.3 is 10.2 Å². The monoisotopic (exact) mass is 222 g/mol. The van der Waals surface area contributed by atoms with E-state index < -0.39 is 0 Å². The number of aromatic nitrogens is 2. The van der Waals surface area contributed by atoms with Crippen LogP contribution in [0.5, 0.6) is 0 Å². The van der Waals surface area contributed by atoms with Crippen LogP contribution in [0.1, 0.15) is 12.1 Å². The molecule has 1 N–H and O–H groups in total. The summed E-state index contributed by atoms with van der Waals surface area (Å²) in [7, 11) is 4.06. The maximum absolute atomic E-state index is 4.19. The molecule has 0 amide bonds. The van der Waals surface area contributed by atoms with Gasteiger partial charge >= 0.3 is 0 Å². The minimum atomic E-state index is 0.844. The van der Waals surface area contributed by atoms with E-state index in [1.165, 1.54) is 31.7 Å². The summed E-state index contributed by atoms with van der Waals surface area (Å²) in [6.45, 7) is 4.82. The van der Waals surface area contributed by atoms with E-state index in [1.807, 2.05) is 25.0 Å². The largest absolute Gasteiger partial charge is 0.319 e.